The molecule has 4 nitrogen and oxygen atoms in total. The van der Waals surface area contributed by atoms with Crippen molar-refractivity contribution in [3.63, 3.8) is 0 Å². The SMILES string of the molecule is c1cc(-c2cnc(-c3ncc(-c4cccc5cc6c(ccc7ccccc76)cc45)cn3)nc2)c2cc3ccc4ccccc4c3cc2c1. The minimum absolute atomic E-state index is 0.498. The van der Waals surface area contributed by atoms with Gasteiger partial charge in [-0.25, -0.2) is 19.9 Å². The lowest BCUT2D eigenvalue weighted by Crippen LogP contribution is -1.96. The summed E-state index contributed by atoms with van der Waals surface area (Å²) in [5, 5.41) is 14.7. The van der Waals surface area contributed by atoms with Gasteiger partial charge in [0.15, 0.2) is 11.6 Å². The number of hydrogen-bond donors (Lipinski definition) is 0. The van der Waals surface area contributed by atoms with Gasteiger partial charge >= 0.3 is 0 Å². The third-order valence-electron chi connectivity index (χ3n) is 9.61. The number of fused-ring (bicyclic) bond motifs is 8. The standard InChI is InChI=1S/C44H26N4/c1-3-11-35-27(7-1)15-17-31-21-39-29(19-41(31)35)9-5-13-37(39)33-23-45-43(46-24-33)44-47-25-34(26-48-44)38-14-6-10-30-20-42-32(22-40(30)38)18-16-28-8-2-4-12-36(28)42/h1-26H. The summed E-state index contributed by atoms with van der Waals surface area (Å²) in [6.07, 6.45) is 7.49. The summed E-state index contributed by atoms with van der Waals surface area (Å²) in [6, 6.07) is 47.8. The highest BCUT2D eigenvalue weighted by Crippen LogP contribution is 2.36. The fourth-order valence-electron chi connectivity index (χ4n) is 7.23. The van der Waals surface area contributed by atoms with Crippen LogP contribution in [0.5, 0.6) is 0 Å². The van der Waals surface area contributed by atoms with Crippen molar-refractivity contribution in [2.24, 2.45) is 0 Å². The van der Waals surface area contributed by atoms with E-state index in [4.69, 9.17) is 19.9 Å². The maximum Gasteiger partial charge on any atom is 0.197 e. The van der Waals surface area contributed by atoms with Crippen LogP contribution in [0, 0.1) is 0 Å². The van der Waals surface area contributed by atoms with Gasteiger partial charge in [-0.1, -0.05) is 109 Å². The molecule has 0 radical (unpaired) electrons. The highest BCUT2D eigenvalue weighted by atomic mass is 15.0. The topological polar surface area (TPSA) is 51.6 Å². The Morgan fingerprint density at radius 2 is 0.625 bits per heavy atom. The second-order valence-electron chi connectivity index (χ2n) is 12.4. The van der Waals surface area contributed by atoms with Crippen molar-refractivity contribution < 1.29 is 0 Å². The first-order valence-corrected chi connectivity index (χ1v) is 16.1. The van der Waals surface area contributed by atoms with Crippen LogP contribution in [0.15, 0.2) is 158 Å². The Kier molecular flexibility index (Phi) is 5.84. The molecule has 48 heavy (non-hydrogen) atoms. The molecule has 222 valence electrons. The smallest absolute Gasteiger partial charge is 0.197 e. The average Bonchev–Trinajstić information content (AvgIpc) is 3.16. The predicted octanol–water partition coefficient (Wildman–Crippen LogP) is 11.2. The van der Waals surface area contributed by atoms with Gasteiger partial charge < -0.3 is 0 Å². The summed E-state index contributed by atoms with van der Waals surface area (Å²) >= 11 is 0. The van der Waals surface area contributed by atoms with Crippen LogP contribution < -0.4 is 0 Å². The van der Waals surface area contributed by atoms with Gasteiger partial charge in [-0.05, 0) is 100 Å². The average molecular weight is 611 g/mol. The van der Waals surface area contributed by atoms with E-state index in [0.29, 0.717) is 11.6 Å². The van der Waals surface area contributed by atoms with Crippen LogP contribution in [0.2, 0.25) is 0 Å². The van der Waals surface area contributed by atoms with E-state index in [1.807, 2.05) is 24.8 Å². The molecule has 0 atom stereocenters. The second-order valence-corrected chi connectivity index (χ2v) is 12.4. The van der Waals surface area contributed by atoms with E-state index in [-0.39, 0.29) is 0 Å². The van der Waals surface area contributed by atoms with Gasteiger partial charge in [0.25, 0.3) is 0 Å². The molecule has 0 spiro atoms. The van der Waals surface area contributed by atoms with E-state index in [2.05, 4.69) is 133 Å². The molecule has 0 fully saturated rings. The molecule has 8 aromatic carbocycles. The second kappa shape index (κ2) is 10.5. The summed E-state index contributed by atoms with van der Waals surface area (Å²) in [5.74, 6) is 0.997. The third kappa shape index (κ3) is 4.24. The van der Waals surface area contributed by atoms with Gasteiger partial charge in [0.2, 0.25) is 0 Å². The van der Waals surface area contributed by atoms with Gasteiger partial charge in [0, 0.05) is 35.9 Å². The van der Waals surface area contributed by atoms with Crippen molar-refractivity contribution in [2.75, 3.05) is 0 Å². The first-order chi connectivity index (χ1) is 23.8. The molecule has 0 aliphatic heterocycles. The van der Waals surface area contributed by atoms with Crippen LogP contribution in [0.4, 0.5) is 0 Å². The minimum Gasteiger partial charge on any atom is -0.233 e. The number of aromatic nitrogens is 4. The largest absolute Gasteiger partial charge is 0.233 e. The zero-order valence-electron chi connectivity index (χ0n) is 25.8. The minimum atomic E-state index is 0.498. The van der Waals surface area contributed by atoms with Gasteiger partial charge in [-0.2, -0.15) is 0 Å². The summed E-state index contributed by atoms with van der Waals surface area (Å²) < 4.78 is 0. The molecule has 0 N–H and O–H groups in total. The Morgan fingerprint density at radius 3 is 1.08 bits per heavy atom. The van der Waals surface area contributed by atoms with Gasteiger partial charge in [0.1, 0.15) is 0 Å². The van der Waals surface area contributed by atoms with Crippen molar-refractivity contribution >= 4 is 64.6 Å². The van der Waals surface area contributed by atoms with E-state index in [0.717, 1.165) is 22.3 Å². The Balaban J connectivity index is 0.992. The van der Waals surface area contributed by atoms with E-state index < -0.39 is 0 Å². The van der Waals surface area contributed by atoms with Crippen LogP contribution in [0.25, 0.3) is 98.5 Å². The third-order valence-corrected chi connectivity index (χ3v) is 9.61. The van der Waals surface area contributed by atoms with Crippen LogP contribution in [0.1, 0.15) is 0 Å². The van der Waals surface area contributed by atoms with Crippen molar-refractivity contribution in [1.82, 2.24) is 19.9 Å². The summed E-state index contributed by atoms with van der Waals surface area (Å²) in [6.45, 7) is 0. The van der Waals surface area contributed by atoms with Gasteiger partial charge in [-0.3, -0.25) is 0 Å². The van der Waals surface area contributed by atoms with Gasteiger partial charge in [0.05, 0.1) is 0 Å². The summed E-state index contributed by atoms with van der Waals surface area (Å²) in [7, 11) is 0. The molecular formula is C44H26N4. The molecule has 2 aromatic heterocycles. The molecule has 0 aliphatic rings. The Bertz CT molecular complexity index is 2680. The summed E-state index contributed by atoms with van der Waals surface area (Å²) in [4.78, 5) is 18.8. The lowest BCUT2D eigenvalue weighted by molar-refractivity contribution is 1.08. The van der Waals surface area contributed by atoms with Crippen LogP contribution >= 0.6 is 0 Å². The zero-order chi connectivity index (χ0) is 31.6. The zero-order valence-corrected chi connectivity index (χ0v) is 25.8. The van der Waals surface area contributed by atoms with Crippen molar-refractivity contribution in [3.05, 3.63) is 158 Å². The first-order valence-electron chi connectivity index (χ1n) is 16.1. The number of rotatable bonds is 3. The Hall–Kier alpha value is -6.52. The molecular weight excluding hydrogens is 585 g/mol. The molecule has 2 heterocycles. The molecule has 4 heteroatoms. The van der Waals surface area contributed by atoms with E-state index in [1.165, 1.54) is 64.6 Å². The number of benzene rings is 8. The fourth-order valence-corrected chi connectivity index (χ4v) is 7.23. The highest BCUT2D eigenvalue weighted by Gasteiger charge is 2.12. The molecule has 0 saturated heterocycles. The molecule has 10 aromatic rings. The lowest BCUT2D eigenvalue weighted by Gasteiger charge is -2.11. The molecule has 0 aliphatic carbocycles. The fraction of sp³-hybridized carbons (Fsp3) is 0. The number of hydrogen-bond acceptors (Lipinski definition) is 4. The van der Waals surface area contributed by atoms with E-state index in [1.54, 1.807) is 0 Å². The lowest BCUT2D eigenvalue weighted by atomic mass is 9.94. The van der Waals surface area contributed by atoms with Crippen LogP contribution in [-0.2, 0) is 0 Å². The normalized spacial score (nSPS) is 11.8. The molecule has 0 saturated carbocycles. The molecule has 0 amide bonds. The quantitative estimate of drug-likeness (QED) is 0.147. The maximum absolute atomic E-state index is 4.71. The first kappa shape index (κ1) is 26.7. The van der Waals surface area contributed by atoms with E-state index in [9.17, 15) is 0 Å². The monoisotopic (exact) mass is 610 g/mol. The van der Waals surface area contributed by atoms with Crippen molar-refractivity contribution in [2.45, 2.75) is 0 Å². The highest BCUT2D eigenvalue weighted by molar-refractivity contribution is 6.15. The van der Waals surface area contributed by atoms with Crippen LogP contribution in [-0.4, -0.2) is 19.9 Å². The Labute approximate surface area is 276 Å². The Morgan fingerprint density at radius 1 is 0.271 bits per heavy atom. The van der Waals surface area contributed by atoms with E-state index >= 15 is 0 Å². The maximum atomic E-state index is 4.71. The van der Waals surface area contributed by atoms with Crippen molar-refractivity contribution in [1.29, 1.82) is 0 Å². The predicted molar refractivity (Wildman–Crippen MR) is 199 cm³/mol. The van der Waals surface area contributed by atoms with Crippen LogP contribution in [0.3, 0.4) is 0 Å². The molecule has 0 bridgehead atoms. The molecule has 0 unspecified atom stereocenters. The summed E-state index contributed by atoms with van der Waals surface area (Å²) in [5.41, 5.74) is 4.11. The van der Waals surface area contributed by atoms with Crippen molar-refractivity contribution in [3.8, 4) is 33.9 Å². The van der Waals surface area contributed by atoms with Gasteiger partial charge in [-0.15, -0.1) is 0 Å². The molecule has 10 rings (SSSR count). The number of nitrogens with zero attached hydrogens (tertiary/aromatic N) is 4.